The van der Waals surface area contributed by atoms with E-state index >= 15 is 0 Å². The van der Waals surface area contributed by atoms with Crippen LogP contribution in [0.2, 0.25) is 0 Å². The predicted molar refractivity (Wildman–Crippen MR) is 204 cm³/mol. The van der Waals surface area contributed by atoms with E-state index in [1.54, 1.807) is 17.3 Å². The topological polar surface area (TPSA) is 200 Å². The molecule has 0 aromatic carbocycles. The van der Waals surface area contributed by atoms with Gasteiger partial charge in [0.15, 0.2) is 0 Å². The Bertz CT molecular complexity index is 1940. The van der Waals surface area contributed by atoms with E-state index in [1.165, 1.54) is 11.0 Å². The molecule has 0 radical (unpaired) electrons. The molecule has 0 bridgehead atoms. The molecule has 2 saturated heterocycles. The number of unbranched alkanes of at least 4 members (excludes halogenated alkanes) is 1. The van der Waals surface area contributed by atoms with Gasteiger partial charge in [0.05, 0.1) is 23.5 Å². The molecule has 3 saturated carbocycles. The molecule has 2 aliphatic heterocycles. The second kappa shape index (κ2) is 16.3. The molecule has 5 atom stereocenters. The van der Waals surface area contributed by atoms with E-state index in [-0.39, 0.29) is 43.8 Å². The summed E-state index contributed by atoms with van der Waals surface area (Å²) >= 11 is 0. The Morgan fingerprint density at radius 1 is 1.11 bits per heavy atom. The highest BCUT2D eigenvalue weighted by atomic mass is 32.2. The van der Waals surface area contributed by atoms with Crippen LogP contribution in [0.15, 0.2) is 43.3 Å². The molecular weight excluding hydrogens is 727 g/mol. The van der Waals surface area contributed by atoms with Crippen molar-refractivity contribution >= 4 is 50.8 Å². The number of fused-ring (bicyclic) bond motifs is 1. The maximum atomic E-state index is 14.8. The van der Waals surface area contributed by atoms with Crippen LogP contribution in [0.5, 0.6) is 5.88 Å². The van der Waals surface area contributed by atoms with Crippen LogP contribution in [0.1, 0.15) is 82.6 Å². The SMILES string of the molecule is C=C[C@@H]1C[C@]1(NC(=O)[C@@H]1C[C@@H](Oc2nc3cnccc3cc2/C=C/CCCO)CN1C(=O)[C@@H](NC(=O)N1CCCC1)C1CCCC1)C(=O)NS(=O)(=O)C1CC1. The van der Waals surface area contributed by atoms with Gasteiger partial charge in [-0.25, -0.2) is 18.2 Å². The Hall–Kier alpha value is -4.57. The van der Waals surface area contributed by atoms with Gasteiger partial charge in [0.1, 0.15) is 23.7 Å². The number of likely N-dealkylation sites (tertiary alicyclic amines) is 2. The molecule has 3 aliphatic carbocycles. The van der Waals surface area contributed by atoms with E-state index in [4.69, 9.17) is 9.72 Å². The summed E-state index contributed by atoms with van der Waals surface area (Å²) in [5.41, 5.74) is -0.277. The zero-order chi connectivity index (χ0) is 38.7. The minimum atomic E-state index is -3.90. The van der Waals surface area contributed by atoms with Gasteiger partial charge in [-0.3, -0.25) is 24.1 Å². The number of aliphatic hydroxyl groups is 1. The number of aromatic nitrogens is 2. The van der Waals surface area contributed by atoms with Gasteiger partial charge in [0.2, 0.25) is 27.7 Å². The van der Waals surface area contributed by atoms with Crippen molar-refractivity contribution < 1.29 is 37.4 Å². The standard InChI is InChI=1S/C39H51N7O8S/c1-2-28-22-39(28,37(50)44-55(52,53)30-13-14-30)43-34(48)32-21-29(54-35-27(12-4-3-9-19-47)20-26-15-16-40-23-31(26)41-35)24-46(32)36(49)33(25-10-5-6-11-25)42-38(51)45-17-7-8-18-45/h2,4,12,15-16,20,23,25,28-30,32-33,47H,1,3,5-11,13-14,17-19,21-22,24H2,(H,42,51)(H,43,48)(H,44,50)/b12-4+/t28-,29-,32+,33+,39-/m1/s1. The van der Waals surface area contributed by atoms with Gasteiger partial charge in [0, 0.05) is 49.2 Å². The first kappa shape index (κ1) is 38.7. The minimum Gasteiger partial charge on any atom is -0.472 e. The largest absolute Gasteiger partial charge is 0.472 e. The van der Waals surface area contributed by atoms with Crippen molar-refractivity contribution in [3.63, 3.8) is 0 Å². The highest BCUT2D eigenvalue weighted by Crippen LogP contribution is 2.45. The van der Waals surface area contributed by atoms with Gasteiger partial charge in [-0.2, -0.15) is 0 Å². The Labute approximate surface area is 321 Å². The number of amides is 5. The zero-order valence-corrected chi connectivity index (χ0v) is 31.8. The van der Waals surface area contributed by atoms with Crippen molar-refractivity contribution in [1.82, 2.24) is 35.1 Å². The number of hydrogen-bond donors (Lipinski definition) is 4. The highest BCUT2D eigenvalue weighted by Gasteiger charge is 2.62. The van der Waals surface area contributed by atoms with E-state index in [2.05, 4.69) is 26.9 Å². The summed E-state index contributed by atoms with van der Waals surface area (Å²) in [7, 11) is -3.90. The number of rotatable bonds is 15. The van der Waals surface area contributed by atoms with Crippen molar-refractivity contribution in [3.8, 4) is 5.88 Å². The van der Waals surface area contributed by atoms with E-state index in [9.17, 15) is 32.7 Å². The number of ether oxygens (including phenoxy) is 1. The first-order chi connectivity index (χ1) is 26.5. The molecule has 15 nitrogen and oxygen atoms in total. The molecule has 2 aromatic heterocycles. The Kier molecular flexibility index (Phi) is 11.4. The van der Waals surface area contributed by atoms with Crippen LogP contribution in [0, 0.1) is 11.8 Å². The third-order valence-corrected chi connectivity index (χ3v) is 13.4. The number of sulfonamides is 1. The van der Waals surface area contributed by atoms with Gasteiger partial charge in [-0.15, -0.1) is 6.58 Å². The van der Waals surface area contributed by atoms with Crippen molar-refractivity contribution in [3.05, 3.63) is 48.8 Å². The number of nitrogens with one attached hydrogen (secondary N) is 3. The first-order valence-electron chi connectivity index (χ1n) is 19.6. The summed E-state index contributed by atoms with van der Waals surface area (Å²) in [6.45, 7) is 5.07. The van der Waals surface area contributed by atoms with Crippen molar-refractivity contribution in [2.75, 3.05) is 26.2 Å². The maximum absolute atomic E-state index is 14.8. The quantitative estimate of drug-likeness (QED) is 0.154. The molecule has 0 unspecified atom stereocenters. The molecule has 7 rings (SSSR count). The highest BCUT2D eigenvalue weighted by molar-refractivity contribution is 7.91. The van der Waals surface area contributed by atoms with Crippen molar-refractivity contribution in [2.24, 2.45) is 11.8 Å². The third kappa shape index (κ3) is 8.49. The lowest BCUT2D eigenvalue weighted by molar-refractivity contribution is -0.142. The average molecular weight is 778 g/mol. The number of pyridine rings is 2. The Balaban J connectivity index is 1.18. The predicted octanol–water partition coefficient (Wildman–Crippen LogP) is 2.80. The number of hydrogen-bond acceptors (Lipinski definition) is 10. The molecule has 0 spiro atoms. The number of carbonyl (C=O) groups excluding carboxylic acids is 4. The monoisotopic (exact) mass is 777 g/mol. The molecule has 5 fully saturated rings. The number of aliphatic hydroxyl groups excluding tert-OH is 1. The molecule has 55 heavy (non-hydrogen) atoms. The van der Waals surface area contributed by atoms with E-state index < -0.39 is 62.6 Å². The molecule has 296 valence electrons. The Morgan fingerprint density at radius 2 is 1.87 bits per heavy atom. The molecule has 16 heteroatoms. The maximum Gasteiger partial charge on any atom is 0.318 e. The first-order valence-corrected chi connectivity index (χ1v) is 21.1. The summed E-state index contributed by atoms with van der Waals surface area (Å²) < 4.78 is 34.3. The number of urea groups is 1. The van der Waals surface area contributed by atoms with Gasteiger partial charge in [-0.1, -0.05) is 31.1 Å². The fraction of sp³-hybridized carbons (Fsp3) is 0.590. The molecule has 5 amide bonds. The lowest BCUT2D eigenvalue weighted by Gasteiger charge is -2.33. The molecule has 4 heterocycles. The van der Waals surface area contributed by atoms with Crippen LogP contribution >= 0.6 is 0 Å². The smallest absolute Gasteiger partial charge is 0.318 e. The van der Waals surface area contributed by atoms with E-state index in [0.29, 0.717) is 49.9 Å². The van der Waals surface area contributed by atoms with Crippen LogP contribution in [0.3, 0.4) is 0 Å². The summed E-state index contributed by atoms with van der Waals surface area (Å²) in [6.07, 6.45) is 15.4. The van der Waals surface area contributed by atoms with Gasteiger partial charge >= 0.3 is 6.03 Å². The third-order valence-electron chi connectivity index (χ3n) is 11.6. The second-order valence-corrected chi connectivity index (χ2v) is 17.5. The molecule has 5 aliphatic rings. The molecule has 2 aromatic rings. The lowest BCUT2D eigenvalue weighted by atomic mass is 9.96. The summed E-state index contributed by atoms with van der Waals surface area (Å²) in [4.78, 5) is 68.3. The Morgan fingerprint density at radius 3 is 2.56 bits per heavy atom. The number of allylic oxidation sites excluding steroid dienone is 1. The second-order valence-electron chi connectivity index (χ2n) is 15.5. The number of nitrogens with zero attached hydrogens (tertiary/aromatic N) is 4. The molecule has 4 N–H and O–H groups in total. The fourth-order valence-corrected chi connectivity index (χ4v) is 9.56. The number of carbonyl (C=O) groups is 4. The average Bonchev–Trinajstić information content (AvgIpc) is 3.90. The van der Waals surface area contributed by atoms with Crippen LogP contribution in [-0.4, -0.2) is 112 Å². The van der Waals surface area contributed by atoms with Crippen LogP contribution in [-0.2, 0) is 24.4 Å². The van der Waals surface area contributed by atoms with E-state index in [1.807, 2.05) is 24.3 Å². The molecular formula is C39H51N7O8S. The summed E-state index contributed by atoms with van der Waals surface area (Å²) in [5, 5.41) is 15.4. The van der Waals surface area contributed by atoms with Crippen molar-refractivity contribution in [2.45, 2.75) is 106 Å². The normalized spacial score (nSPS) is 25.9. The fourth-order valence-electron chi connectivity index (χ4n) is 8.20. The zero-order valence-electron chi connectivity index (χ0n) is 31.0. The summed E-state index contributed by atoms with van der Waals surface area (Å²) in [5.74, 6) is -2.20. The van der Waals surface area contributed by atoms with Gasteiger partial charge in [0.25, 0.3) is 5.91 Å². The van der Waals surface area contributed by atoms with Crippen molar-refractivity contribution in [1.29, 1.82) is 0 Å². The van der Waals surface area contributed by atoms with Crippen LogP contribution in [0.25, 0.3) is 17.0 Å². The van der Waals surface area contributed by atoms with Gasteiger partial charge in [-0.05, 0) is 75.8 Å². The van der Waals surface area contributed by atoms with Crippen LogP contribution in [0.4, 0.5) is 4.79 Å². The summed E-state index contributed by atoms with van der Waals surface area (Å²) in [6, 6.07) is 1.47. The van der Waals surface area contributed by atoms with Crippen LogP contribution < -0.4 is 20.1 Å². The lowest BCUT2D eigenvalue weighted by Crippen LogP contribution is -2.59. The van der Waals surface area contributed by atoms with Gasteiger partial charge < -0.3 is 30.3 Å². The van der Waals surface area contributed by atoms with E-state index in [0.717, 1.165) is 43.9 Å². The minimum absolute atomic E-state index is 0.000289.